The first-order valence-electron chi connectivity index (χ1n) is 9.74. The van der Waals surface area contributed by atoms with Crippen LogP contribution < -0.4 is 4.74 Å². The van der Waals surface area contributed by atoms with Gasteiger partial charge in [-0.25, -0.2) is 17.8 Å². The van der Waals surface area contributed by atoms with E-state index in [1.807, 2.05) is 30.3 Å². The zero-order valence-corrected chi connectivity index (χ0v) is 19.0. The fourth-order valence-corrected chi connectivity index (χ4v) is 4.90. The lowest BCUT2D eigenvalue weighted by atomic mass is 10.1. The van der Waals surface area contributed by atoms with Crippen LogP contribution in [0.2, 0.25) is 0 Å². The lowest BCUT2D eigenvalue weighted by Crippen LogP contribution is -2.13. The van der Waals surface area contributed by atoms with Gasteiger partial charge in [0, 0.05) is 10.9 Å². The van der Waals surface area contributed by atoms with Crippen LogP contribution in [0.5, 0.6) is 5.75 Å². The van der Waals surface area contributed by atoms with Crippen LogP contribution in [0.4, 0.5) is 4.39 Å². The van der Waals surface area contributed by atoms with Crippen LogP contribution in [0.1, 0.15) is 34.3 Å². The van der Waals surface area contributed by atoms with Gasteiger partial charge < -0.3 is 9.26 Å². The fraction of sp³-hybridized carbons (Fsp3) is 0.227. The zero-order chi connectivity index (χ0) is 22.7. The summed E-state index contributed by atoms with van der Waals surface area (Å²) in [6, 6.07) is 13.9. The smallest absolute Gasteiger partial charge is 0.245 e. The quantitative estimate of drug-likeness (QED) is 0.359. The summed E-state index contributed by atoms with van der Waals surface area (Å²) in [5, 5.41) is 5.14. The average Bonchev–Trinajstić information content (AvgIpc) is 3.44. The number of sulfone groups is 1. The molecule has 1 unspecified atom stereocenters. The Morgan fingerprint density at radius 3 is 2.69 bits per heavy atom. The van der Waals surface area contributed by atoms with E-state index in [2.05, 4.69) is 15.1 Å². The summed E-state index contributed by atoms with van der Waals surface area (Å²) in [4.78, 5) is 8.53. The fourth-order valence-electron chi connectivity index (χ4n) is 2.88. The van der Waals surface area contributed by atoms with Gasteiger partial charge in [-0.05, 0) is 37.6 Å². The van der Waals surface area contributed by atoms with E-state index in [1.54, 1.807) is 24.4 Å². The molecule has 32 heavy (non-hydrogen) atoms. The second-order valence-corrected chi connectivity index (χ2v) is 10.5. The highest BCUT2D eigenvalue weighted by Gasteiger charge is 2.29. The molecule has 0 fully saturated rings. The van der Waals surface area contributed by atoms with Crippen molar-refractivity contribution in [2.45, 2.75) is 31.5 Å². The van der Waals surface area contributed by atoms with E-state index in [4.69, 9.17) is 9.26 Å². The Labute approximate surface area is 188 Å². The molecular formula is C22H20FN3O4S2. The van der Waals surface area contributed by atoms with Crippen molar-refractivity contribution in [3.63, 3.8) is 0 Å². The molecule has 0 aliphatic heterocycles. The third-order valence-corrected chi connectivity index (χ3v) is 7.66. The first kappa shape index (κ1) is 22.1. The molecule has 7 nitrogen and oxygen atoms in total. The van der Waals surface area contributed by atoms with E-state index in [-0.39, 0.29) is 24.1 Å². The SMILES string of the molecule is Cc1ccc(-c2noc(C(C)S(=O)(=O)Cc3csc(COc4ccccc4)n3)n2)cc1F. The minimum atomic E-state index is -3.67. The second-order valence-electron chi connectivity index (χ2n) is 7.20. The van der Waals surface area contributed by atoms with Crippen LogP contribution in [-0.4, -0.2) is 23.5 Å². The van der Waals surface area contributed by atoms with Crippen LogP contribution in [0, 0.1) is 12.7 Å². The molecule has 0 bridgehead atoms. The van der Waals surface area contributed by atoms with Crippen molar-refractivity contribution in [1.82, 2.24) is 15.1 Å². The van der Waals surface area contributed by atoms with Gasteiger partial charge in [0.2, 0.25) is 11.7 Å². The van der Waals surface area contributed by atoms with E-state index in [0.29, 0.717) is 27.6 Å². The Morgan fingerprint density at radius 1 is 1.16 bits per heavy atom. The first-order chi connectivity index (χ1) is 15.3. The van der Waals surface area contributed by atoms with E-state index in [1.165, 1.54) is 24.3 Å². The van der Waals surface area contributed by atoms with Crippen molar-refractivity contribution >= 4 is 21.2 Å². The predicted molar refractivity (Wildman–Crippen MR) is 118 cm³/mol. The maximum atomic E-state index is 13.8. The Balaban J connectivity index is 1.43. The molecule has 2 aromatic heterocycles. The summed E-state index contributed by atoms with van der Waals surface area (Å²) >= 11 is 1.33. The molecule has 0 spiro atoms. The normalized spacial score (nSPS) is 12.6. The van der Waals surface area contributed by atoms with Crippen molar-refractivity contribution in [3.8, 4) is 17.1 Å². The van der Waals surface area contributed by atoms with Gasteiger partial charge in [0.1, 0.15) is 28.4 Å². The summed E-state index contributed by atoms with van der Waals surface area (Å²) in [5.74, 6) is 0.127. The zero-order valence-electron chi connectivity index (χ0n) is 17.4. The van der Waals surface area contributed by atoms with Crippen LogP contribution >= 0.6 is 11.3 Å². The van der Waals surface area contributed by atoms with Crippen molar-refractivity contribution in [1.29, 1.82) is 0 Å². The number of para-hydroxylation sites is 1. The Bertz CT molecular complexity index is 1320. The third kappa shape index (κ3) is 5.03. The standard InChI is InChI=1S/C22H20FN3O4S2/c1-14-8-9-16(10-19(14)23)21-25-22(30-26-21)15(2)32(27,28)13-17-12-31-20(24-17)11-29-18-6-4-3-5-7-18/h3-10,12,15H,11,13H2,1-2H3. The third-order valence-electron chi connectivity index (χ3n) is 4.81. The molecule has 1 atom stereocenters. The lowest BCUT2D eigenvalue weighted by Gasteiger charge is -2.07. The monoisotopic (exact) mass is 473 g/mol. The number of thiazole rings is 1. The Kier molecular flexibility index (Phi) is 6.33. The average molecular weight is 474 g/mol. The van der Waals surface area contributed by atoms with Gasteiger partial charge >= 0.3 is 0 Å². The first-order valence-corrected chi connectivity index (χ1v) is 12.3. The number of halogens is 1. The number of rotatable bonds is 8. The topological polar surface area (TPSA) is 95.2 Å². The summed E-state index contributed by atoms with van der Waals surface area (Å²) < 4.78 is 50.4. The molecule has 0 saturated heterocycles. The number of aryl methyl sites for hydroxylation is 1. The predicted octanol–water partition coefficient (Wildman–Crippen LogP) is 4.90. The summed E-state index contributed by atoms with van der Waals surface area (Å²) in [7, 11) is -3.67. The van der Waals surface area contributed by atoms with Crippen LogP contribution in [0.15, 0.2) is 58.4 Å². The maximum Gasteiger partial charge on any atom is 0.245 e. The van der Waals surface area contributed by atoms with E-state index in [0.717, 1.165) is 0 Å². The molecule has 0 aliphatic carbocycles. The lowest BCUT2D eigenvalue weighted by molar-refractivity contribution is 0.305. The van der Waals surface area contributed by atoms with E-state index >= 15 is 0 Å². The van der Waals surface area contributed by atoms with E-state index in [9.17, 15) is 12.8 Å². The van der Waals surface area contributed by atoms with Crippen molar-refractivity contribution in [2.24, 2.45) is 0 Å². The highest BCUT2D eigenvalue weighted by atomic mass is 32.2. The van der Waals surface area contributed by atoms with Gasteiger partial charge in [-0.1, -0.05) is 35.5 Å². The number of nitrogens with zero attached hydrogens (tertiary/aromatic N) is 3. The molecule has 2 heterocycles. The molecule has 0 aliphatic rings. The van der Waals surface area contributed by atoms with E-state index < -0.39 is 20.9 Å². The van der Waals surface area contributed by atoms with Crippen LogP contribution in [0.25, 0.3) is 11.4 Å². The molecule has 4 aromatic rings. The molecule has 0 radical (unpaired) electrons. The number of hydrogen-bond acceptors (Lipinski definition) is 8. The van der Waals surface area contributed by atoms with Crippen molar-refractivity contribution in [2.75, 3.05) is 0 Å². The Morgan fingerprint density at radius 2 is 1.94 bits per heavy atom. The minimum absolute atomic E-state index is 0.0520. The number of ether oxygens (including phenoxy) is 1. The van der Waals surface area contributed by atoms with Crippen LogP contribution in [-0.2, 0) is 22.2 Å². The molecule has 2 aromatic carbocycles. The van der Waals surface area contributed by atoms with Gasteiger partial charge in [0.05, 0.1) is 11.4 Å². The van der Waals surface area contributed by atoms with Crippen molar-refractivity contribution in [3.05, 3.63) is 81.9 Å². The molecule has 4 rings (SSSR count). The highest BCUT2D eigenvalue weighted by molar-refractivity contribution is 7.90. The largest absolute Gasteiger partial charge is 0.486 e. The van der Waals surface area contributed by atoms with Gasteiger partial charge in [-0.2, -0.15) is 4.98 Å². The molecule has 0 amide bonds. The molecule has 166 valence electrons. The summed E-state index contributed by atoms with van der Waals surface area (Å²) in [6.45, 7) is 3.38. The minimum Gasteiger partial charge on any atom is -0.486 e. The number of hydrogen-bond donors (Lipinski definition) is 0. The highest BCUT2D eigenvalue weighted by Crippen LogP contribution is 2.27. The number of aromatic nitrogens is 3. The molecule has 0 N–H and O–H groups in total. The number of benzene rings is 2. The van der Waals surface area contributed by atoms with Gasteiger partial charge in [0.25, 0.3) is 0 Å². The van der Waals surface area contributed by atoms with Crippen LogP contribution in [0.3, 0.4) is 0 Å². The Hall–Kier alpha value is -3.11. The summed E-state index contributed by atoms with van der Waals surface area (Å²) in [5.41, 5.74) is 1.33. The molecular weight excluding hydrogens is 453 g/mol. The van der Waals surface area contributed by atoms with Gasteiger partial charge in [0.15, 0.2) is 9.84 Å². The molecule has 0 saturated carbocycles. The van der Waals surface area contributed by atoms with Gasteiger partial charge in [-0.15, -0.1) is 11.3 Å². The molecule has 10 heteroatoms. The maximum absolute atomic E-state index is 13.8. The van der Waals surface area contributed by atoms with Crippen molar-refractivity contribution < 1.29 is 22.1 Å². The van der Waals surface area contributed by atoms with Gasteiger partial charge in [-0.3, -0.25) is 0 Å². The summed E-state index contributed by atoms with van der Waals surface area (Å²) in [6.07, 6.45) is 0. The second kappa shape index (κ2) is 9.17.